The fourth-order valence-corrected chi connectivity index (χ4v) is 1.71. The Balaban J connectivity index is 2.54. The van der Waals surface area contributed by atoms with Gasteiger partial charge in [0.2, 0.25) is 0 Å². The van der Waals surface area contributed by atoms with E-state index in [1.807, 2.05) is 19.2 Å². The topological polar surface area (TPSA) is 60.8 Å². The molecule has 0 aliphatic rings. The Morgan fingerprint density at radius 1 is 1.29 bits per heavy atom. The lowest BCUT2D eigenvalue weighted by Gasteiger charge is -2.16. The molecular formula is C13H19NO3. The predicted molar refractivity (Wildman–Crippen MR) is 66.3 cm³/mol. The zero-order valence-corrected chi connectivity index (χ0v) is 10.1. The van der Waals surface area contributed by atoms with Crippen molar-refractivity contribution >= 4 is 5.97 Å². The summed E-state index contributed by atoms with van der Waals surface area (Å²) < 4.78 is 0. The molecule has 17 heavy (non-hydrogen) atoms. The SMILES string of the molecule is CN(CCCO)CCc1ccccc1C(=O)O. The zero-order valence-electron chi connectivity index (χ0n) is 10.1. The van der Waals surface area contributed by atoms with Crippen LogP contribution in [-0.2, 0) is 6.42 Å². The van der Waals surface area contributed by atoms with E-state index in [-0.39, 0.29) is 6.61 Å². The minimum atomic E-state index is -0.876. The largest absolute Gasteiger partial charge is 0.478 e. The van der Waals surface area contributed by atoms with E-state index in [9.17, 15) is 4.79 Å². The zero-order chi connectivity index (χ0) is 12.7. The van der Waals surface area contributed by atoms with Crippen LogP contribution in [0.25, 0.3) is 0 Å². The Labute approximate surface area is 101 Å². The number of carboxylic acid groups (broad SMARTS) is 1. The van der Waals surface area contributed by atoms with Crippen LogP contribution >= 0.6 is 0 Å². The summed E-state index contributed by atoms with van der Waals surface area (Å²) >= 11 is 0. The molecule has 0 heterocycles. The highest BCUT2D eigenvalue weighted by atomic mass is 16.4. The standard InChI is InChI=1S/C13H19NO3/c1-14(8-4-10-15)9-7-11-5-2-3-6-12(11)13(16)17/h2-3,5-6,15H,4,7-10H2,1H3,(H,16,17). The van der Waals surface area contributed by atoms with Gasteiger partial charge in [0.1, 0.15) is 0 Å². The lowest BCUT2D eigenvalue weighted by Crippen LogP contribution is -2.23. The second-order valence-electron chi connectivity index (χ2n) is 4.09. The van der Waals surface area contributed by atoms with Gasteiger partial charge in [-0.15, -0.1) is 0 Å². The highest BCUT2D eigenvalue weighted by molar-refractivity contribution is 5.89. The molecule has 1 aromatic carbocycles. The van der Waals surface area contributed by atoms with Crippen LogP contribution in [0.15, 0.2) is 24.3 Å². The Kier molecular flexibility index (Phi) is 5.66. The molecular weight excluding hydrogens is 218 g/mol. The van der Waals surface area contributed by atoms with Gasteiger partial charge in [-0.3, -0.25) is 0 Å². The highest BCUT2D eigenvalue weighted by Crippen LogP contribution is 2.10. The molecule has 0 spiro atoms. The van der Waals surface area contributed by atoms with Gasteiger partial charge in [-0.05, 0) is 31.5 Å². The van der Waals surface area contributed by atoms with Crippen molar-refractivity contribution in [2.75, 3.05) is 26.7 Å². The molecule has 0 amide bonds. The van der Waals surface area contributed by atoms with Crippen LogP contribution in [0, 0.1) is 0 Å². The molecule has 0 saturated heterocycles. The predicted octanol–water partition coefficient (Wildman–Crippen LogP) is 1.24. The van der Waals surface area contributed by atoms with Crippen molar-refractivity contribution in [1.29, 1.82) is 0 Å². The molecule has 0 aliphatic carbocycles. The summed E-state index contributed by atoms with van der Waals surface area (Å²) in [4.78, 5) is 13.1. The molecule has 0 radical (unpaired) electrons. The monoisotopic (exact) mass is 237 g/mol. The van der Waals surface area contributed by atoms with Gasteiger partial charge in [-0.2, -0.15) is 0 Å². The van der Waals surface area contributed by atoms with Crippen molar-refractivity contribution in [3.63, 3.8) is 0 Å². The third kappa shape index (κ3) is 4.54. The average molecular weight is 237 g/mol. The van der Waals surface area contributed by atoms with Crippen molar-refractivity contribution in [1.82, 2.24) is 4.90 Å². The minimum Gasteiger partial charge on any atom is -0.478 e. The Bertz CT molecular complexity index is 365. The van der Waals surface area contributed by atoms with Crippen molar-refractivity contribution in [2.45, 2.75) is 12.8 Å². The summed E-state index contributed by atoms with van der Waals surface area (Å²) in [5.74, 6) is -0.876. The maximum Gasteiger partial charge on any atom is 0.335 e. The second kappa shape index (κ2) is 7.04. The van der Waals surface area contributed by atoms with Gasteiger partial charge in [0, 0.05) is 19.7 Å². The second-order valence-corrected chi connectivity index (χ2v) is 4.09. The number of aliphatic hydroxyl groups is 1. The van der Waals surface area contributed by atoms with Crippen LogP contribution in [-0.4, -0.2) is 47.8 Å². The number of aromatic carboxylic acids is 1. The molecule has 4 nitrogen and oxygen atoms in total. The molecule has 0 atom stereocenters. The van der Waals surface area contributed by atoms with E-state index >= 15 is 0 Å². The van der Waals surface area contributed by atoms with E-state index in [1.54, 1.807) is 12.1 Å². The highest BCUT2D eigenvalue weighted by Gasteiger charge is 2.09. The van der Waals surface area contributed by atoms with Gasteiger partial charge in [0.05, 0.1) is 5.56 Å². The number of likely N-dealkylation sites (N-methyl/N-ethyl adjacent to an activating group) is 1. The molecule has 1 aromatic rings. The smallest absolute Gasteiger partial charge is 0.335 e. The van der Waals surface area contributed by atoms with Crippen LogP contribution in [0.1, 0.15) is 22.3 Å². The van der Waals surface area contributed by atoms with Crippen LogP contribution in [0.2, 0.25) is 0 Å². The lowest BCUT2D eigenvalue weighted by atomic mass is 10.0. The number of nitrogens with zero attached hydrogens (tertiary/aromatic N) is 1. The van der Waals surface area contributed by atoms with Crippen LogP contribution in [0.4, 0.5) is 0 Å². The van der Waals surface area contributed by atoms with Crippen molar-refractivity contribution < 1.29 is 15.0 Å². The molecule has 94 valence electrons. The number of aliphatic hydroxyl groups excluding tert-OH is 1. The van der Waals surface area contributed by atoms with Gasteiger partial charge >= 0.3 is 5.97 Å². The van der Waals surface area contributed by atoms with Gasteiger partial charge in [-0.1, -0.05) is 18.2 Å². The minimum absolute atomic E-state index is 0.191. The summed E-state index contributed by atoms with van der Waals surface area (Å²) in [5, 5.41) is 17.7. The molecule has 1 rings (SSSR count). The molecule has 0 aliphatic heterocycles. The van der Waals surface area contributed by atoms with Crippen LogP contribution < -0.4 is 0 Å². The van der Waals surface area contributed by atoms with E-state index in [4.69, 9.17) is 10.2 Å². The third-order valence-electron chi connectivity index (χ3n) is 2.71. The van der Waals surface area contributed by atoms with Gasteiger partial charge in [-0.25, -0.2) is 4.79 Å². The van der Waals surface area contributed by atoms with Gasteiger partial charge in [0.25, 0.3) is 0 Å². The summed E-state index contributed by atoms with van der Waals surface area (Å²) in [6.45, 7) is 1.81. The number of hydrogen-bond acceptors (Lipinski definition) is 3. The van der Waals surface area contributed by atoms with E-state index < -0.39 is 5.97 Å². The molecule has 0 saturated carbocycles. The quantitative estimate of drug-likeness (QED) is 0.749. The van der Waals surface area contributed by atoms with E-state index in [2.05, 4.69) is 4.90 Å². The van der Waals surface area contributed by atoms with Crippen LogP contribution in [0.5, 0.6) is 0 Å². The Morgan fingerprint density at radius 3 is 2.65 bits per heavy atom. The van der Waals surface area contributed by atoms with E-state index in [1.165, 1.54) is 0 Å². The van der Waals surface area contributed by atoms with Crippen molar-refractivity contribution in [3.05, 3.63) is 35.4 Å². The third-order valence-corrected chi connectivity index (χ3v) is 2.71. The van der Waals surface area contributed by atoms with Crippen LogP contribution in [0.3, 0.4) is 0 Å². The number of carboxylic acids is 1. The normalized spacial score (nSPS) is 10.8. The Morgan fingerprint density at radius 2 is 2.00 bits per heavy atom. The number of benzene rings is 1. The van der Waals surface area contributed by atoms with Gasteiger partial charge < -0.3 is 15.1 Å². The Hall–Kier alpha value is -1.39. The molecule has 4 heteroatoms. The first-order valence-corrected chi connectivity index (χ1v) is 5.75. The first kappa shape index (κ1) is 13.7. The van der Waals surface area contributed by atoms with E-state index in [0.717, 1.165) is 25.1 Å². The summed E-state index contributed by atoms with van der Waals surface area (Å²) in [7, 11) is 1.97. The average Bonchev–Trinajstić information content (AvgIpc) is 2.34. The van der Waals surface area contributed by atoms with Gasteiger partial charge in [0.15, 0.2) is 0 Å². The maximum atomic E-state index is 11.0. The molecule has 2 N–H and O–H groups in total. The molecule has 0 fully saturated rings. The van der Waals surface area contributed by atoms with Crippen molar-refractivity contribution in [2.24, 2.45) is 0 Å². The first-order valence-electron chi connectivity index (χ1n) is 5.75. The number of hydrogen-bond donors (Lipinski definition) is 2. The van der Waals surface area contributed by atoms with E-state index in [0.29, 0.717) is 12.0 Å². The summed E-state index contributed by atoms with van der Waals surface area (Å²) in [6.07, 6.45) is 1.46. The summed E-state index contributed by atoms with van der Waals surface area (Å²) in [5.41, 5.74) is 1.24. The number of rotatable bonds is 7. The molecule has 0 unspecified atom stereocenters. The lowest BCUT2D eigenvalue weighted by molar-refractivity contribution is 0.0695. The number of carbonyl (C=O) groups is 1. The van der Waals surface area contributed by atoms with Crippen molar-refractivity contribution in [3.8, 4) is 0 Å². The first-order chi connectivity index (χ1) is 8.15. The fraction of sp³-hybridized carbons (Fsp3) is 0.462. The molecule has 0 bridgehead atoms. The molecule has 0 aromatic heterocycles. The maximum absolute atomic E-state index is 11.0. The fourth-order valence-electron chi connectivity index (χ4n) is 1.71. The summed E-state index contributed by atoms with van der Waals surface area (Å²) in [6, 6.07) is 7.08.